The molecule has 3 nitrogen and oxygen atoms in total. The van der Waals surface area contributed by atoms with Crippen LogP contribution in [0.15, 0.2) is 48.7 Å². The van der Waals surface area contributed by atoms with Crippen LogP contribution in [0.2, 0.25) is 0 Å². The Morgan fingerprint density at radius 1 is 1.26 bits per heavy atom. The predicted octanol–water partition coefficient (Wildman–Crippen LogP) is 2.53. The van der Waals surface area contributed by atoms with Crippen molar-refractivity contribution < 1.29 is 0 Å². The van der Waals surface area contributed by atoms with Crippen molar-refractivity contribution in [3.05, 3.63) is 59.9 Å². The van der Waals surface area contributed by atoms with E-state index in [1.54, 1.807) is 0 Å². The Labute approximate surface area is 114 Å². The van der Waals surface area contributed by atoms with Crippen LogP contribution in [-0.2, 0) is 6.42 Å². The number of hydrogen-bond acceptors (Lipinski definition) is 3. The van der Waals surface area contributed by atoms with Crippen LogP contribution >= 0.6 is 0 Å². The van der Waals surface area contributed by atoms with Crippen molar-refractivity contribution in [2.45, 2.75) is 25.4 Å². The maximum absolute atomic E-state index is 6.02. The Hall–Kier alpha value is -1.87. The number of fused-ring (bicyclic) bond motifs is 1. The van der Waals surface area contributed by atoms with Gasteiger partial charge in [0.1, 0.15) is 0 Å². The SMILES string of the molecule is CC1Cc2ccccc2N1C(CN)c1ccccn1. The molecule has 2 heterocycles. The molecule has 2 atom stereocenters. The molecule has 2 aromatic rings. The molecule has 2 unspecified atom stereocenters. The molecule has 0 radical (unpaired) electrons. The molecule has 2 N–H and O–H groups in total. The Morgan fingerprint density at radius 2 is 2.05 bits per heavy atom. The fourth-order valence-electron chi connectivity index (χ4n) is 3.01. The van der Waals surface area contributed by atoms with Crippen molar-refractivity contribution in [1.82, 2.24) is 4.98 Å². The van der Waals surface area contributed by atoms with Gasteiger partial charge in [0.05, 0.1) is 11.7 Å². The van der Waals surface area contributed by atoms with Crippen molar-refractivity contribution in [3.8, 4) is 0 Å². The molecule has 1 aromatic heterocycles. The van der Waals surface area contributed by atoms with E-state index in [-0.39, 0.29) is 6.04 Å². The van der Waals surface area contributed by atoms with Gasteiger partial charge >= 0.3 is 0 Å². The molecule has 0 amide bonds. The lowest BCUT2D eigenvalue weighted by Gasteiger charge is -2.33. The minimum Gasteiger partial charge on any atom is -0.358 e. The van der Waals surface area contributed by atoms with Crippen LogP contribution in [0.5, 0.6) is 0 Å². The van der Waals surface area contributed by atoms with Crippen LogP contribution in [0.3, 0.4) is 0 Å². The third-order valence-corrected chi connectivity index (χ3v) is 3.85. The third kappa shape index (κ3) is 2.10. The summed E-state index contributed by atoms with van der Waals surface area (Å²) in [6, 6.07) is 15.2. The van der Waals surface area contributed by atoms with E-state index in [1.165, 1.54) is 11.3 Å². The summed E-state index contributed by atoms with van der Waals surface area (Å²) in [6.45, 7) is 2.83. The van der Waals surface area contributed by atoms with Gasteiger partial charge in [-0.15, -0.1) is 0 Å². The summed E-state index contributed by atoms with van der Waals surface area (Å²) in [5.41, 5.74) is 9.78. The lowest BCUT2D eigenvalue weighted by molar-refractivity contribution is 0.558. The molecule has 0 spiro atoms. The molecule has 3 rings (SSSR count). The average molecular weight is 253 g/mol. The Bertz CT molecular complexity index is 553. The summed E-state index contributed by atoms with van der Waals surface area (Å²) in [7, 11) is 0. The van der Waals surface area contributed by atoms with Crippen molar-refractivity contribution in [3.63, 3.8) is 0 Å². The van der Waals surface area contributed by atoms with Gasteiger partial charge < -0.3 is 10.6 Å². The molecule has 1 aliphatic heterocycles. The minimum absolute atomic E-state index is 0.153. The summed E-state index contributed by atoms with van der Waals surface area (Å²) in [5.74, 6) is 0. The number of nitrogens with two attached hydrogens (primary N) is 1. The highest BCUT2D eigenvalue weighted by Gasteiger charge is 2.31. The highest BCUT2D eigenvalue weighted by atomic mass is 15.2. The molecule has 19 heavy (non-hydrogen) atoms. The smallest absolute Gasteiger partial charge is 0.0838 e. The van der Waals surface area contributed by atoms with Crippen LogP contribution in [0.25, 0.3) is 0 Å². The third-order valence-electron chi connectivity index (χ3n) is 3.85. The molecular formula is C16H19N3. The summed E-state index contributed by atoms with van der Waals surface area (Å²) < 4.78 is 0. The molecule has 0 saturated heterocycles. The van der Waals surface area contributed by atoms with Gasteiger partial charge in [0, 0.05) is 24.5 Å². The molecule has 0 aliphatic carbocycles. The normalized spacial score (nSPS) is 19.3. The van der Waals surface area contributed by atoms with E-state index >= 15 is 0 Å². The van der Waals surface area contributed by atoms with Crippen LogP contribution < -0.4 is 10.6 Å². The molecule has 0 bridgehead atoms. The predicted molar refractivity (Wildman–Crippen MR) is 78.1 cm³/mol. The molecule has 0 fully saturated rings. The van der Waals surface area contributed by atoms with Gasteiger partial charge in [0.15, 0.2) is 0 Å². The fraction of sp³-hybridized carbons (Fsp3) is 0.312. The van der Waals surface area contributed by atoms with Crippen LogP contribution in [0.4, 0.5) is 5.69 Å². The quantitative estimate of drug-likeness (QED) is 0.914. The monoisotopic (exact) mass is 253 g/mol. The van der Waals surface area contributed by atoms with Gasteiger partial charge in [-0.25, -0.2) is 0 Å². The summed E-state index contributed by atoms with van der Waals surface area (Å²) in [6.07, 6.45) is 2.92. The number of anilines is 1. The summed E-state index contributed by atoms with van der Waals surface area (Å²) in [5, 5.41) is 0. The molecule has 3 heteroatoms. The molecule has 98 valence electrons. The summed E-state index contributed by atoms with van der Waals surface area (Å²) in [4.78, 5) is 6.89. The molecule has 1 aromatic carbocycles. The Balaban J connectivity index is 2.01. The van der Waals surface area contributed by atoms with Crippen molar-refractivity contribution in [2.75, 3.05) is 11.4 Å². The maximum Gasteiger partial charge on any atom is 0.0838 e. The lowest BCUT2D eigenvalue weighted by Crippen LogP contribution is -2.38. The first-order valence-corrected chi connectivity index (χ1v) is 6.78. The fourth-order valence-corrected chi connectivity index (χ4v) is 3.01. The molecule has 0 saturated carbocycles. The highest BCUT2D eigenvalue weighted by Crippen LogP contribution is 2.37. The zero-order chi connectivity index (χ0) is 13.2. The zero-order valence-electron chi connectivity index (χ0n) is 11.2. The van der Waals surface area contributed by atoms with E-state index in [9.17, 15) is 0 Å². The number of rotatable bonds is 3. The van der Waals surface area contributed by atoms with Gasteiger partial charge in [-0.2, -0.15) is 0 Å². The first kappa shape index (κ1) is 12.2. The number of hydrogen-bond donors (Lipinski definition) is 1. The first-order valence-electron chi connectivity index (χ1n) is 6.78. The van der Waals surface area contributed by atoms with E-state index in [0.29, 0.717) is 12.6 Å². The maximum atomic E-state index is 6.02. The number of nitrogens with zero attached hydrogens (tertiary/aromatic N) is 2. The Morgan fingerprint density at radius 3 is 2.79 bits per heavy atom. The zero-order valence-corrected chi connectivity index (χ0v) is 11.2. The van der Waals surface area contributed by atoms with Crippen molar-refractivity contribution in [1.29, 1.82) is 0 Å². The second-order valence-electron chi connectivity index (χ2n) is 5.10. The number of aromatic nitrogens is 1. The van der Waals surface area contributed by atoms with Gasteiger partial charge in [-0.3, -0.25) is 4.98 Å². The van der Waals surface area contributed by atoms with E-state index in [0.717, 1.165) is 12.1 Å². The number of para-hydroxylation sites is 1. The van der Waals surface area contributed by atoms with Crippen LogP contribution in [0.1, 0.15) is 24.2 Å². The van der Waals surface area contributed by atoms with E-state index < -0.39 is 0 Å². The van der Waals surface area contributed by atoms with Crippen molar-refractivity contribution >= 4 is 5.69 Å². The topological polar surface area (TPSA) is 42.1 Å². The van der Waals surface area contributed by atoms with Gasteiger partial charge in [0.25, 0.3) is 0 Å². The standard InChI is InChI=1S/C16H19N3/c1-12-10-13-6-2-3-8-15(13)19(12)16(11-17)14-7-4-5-9-18-14/h2-9,12,16H,10-11,17H2,1H3. The molecular weight excluding hydrogens is 234 g/mol. The second kappa shape index (κ2) is 5.02. The number of benzene rings is 1. The largest absolute Gasteiger partial charge is 0.358 e. The van der Waals surface area contributed by atoms with Gasteiger partial charge in [0.2, 0.25) is 0 Å². The van der Waals surface area contributed by atoms with E-state index in [1.807, 2.05) is 18.3 Å². The van der Waals surface area contributed by atoms with E-state index in [2.05, 4.69) is 47.1 Å². The van der Waals surface area contributed by atoms with Crippen LogP contribution in [0, 0.1) is 0 Å². The second-order valence-corrected chi connectivity index (χ2v) is 5.10. The van der Waals surface area contributed by atoms with Gasteiger partial charge in [-0.05, 0) is 37.1 Å². The lowest BCUT2D eigenvalue weighted by atomic mass is 10.1. The minimum atomic E-state index is 0.153. The van der Waals surface area contributed by atoms with Gasteiger partial charge in [-0.1, -0.05) is 24.3 Å². The summed E-state index contributed by atoms with van der Waals surface area (Å²) >= 11 is 0. The van der Waals surface area contributed by atoms with Crippen LogP contribution in [-0.4, -0.2) is 17.6 Å². The Kier molecular flexibility index (Phi) is 3.22. The van der Waals surface area contributed by atoms with Crippen molar-refractivity contribution in [2.24, 2.45) is 5.73 Å². The molecule has 1 aliphatic rings. The highest BCUT2D eigenvalue weighted by molar-refractivity contribution is 5.60. The van der Waals surface area contributed by atoms with E-state index in [4.69, 9.17) is 5.73 Å². The average Bonchev–Trinajstić information content (AvgIpc) is 2.78. The number of pyridine rings is 1. The first-order chi connectivity index (χ1) is 9.31.